The Morgan fingerprint density at radius 3 is 2.32 bits per heavy atom. The van der Waals surface area contributed by atoms with Crippen LogP contribution >= 0.6 is 0 Å². The molecule has 0 aliphatic carbocycles. The largest absolute Gasteiger partial charge is 0.484 e. The molecule has 0 radical (unpaired) electrons. The van der Waals surface area contributed by atoms with E-state index < -0.39 is 0 Å². The van der Waals surface area contributed by atoms with Gasteiger partial charge in [0.2, 0.25) is 0 Å². The summed E-state index contributed by atoms with van der Waals surface area (Å²) in [5.41, 5.74) is 6.98. The number of carbonyl (C=O) groups is 1. The number of aryl methyl sites for hydroxylation is 2. The number of nitrogens with zero attached hydrogens (tertiary/aromatic N) is 2. The second-order valence-corrected chi connectivity index (χ2v) is 6.91. The maximum absolute atomic E-state index is 11.9. The Morgan fingerprint density at radius 2 is 1.71 bits per heavy atom. The number of ether oxygens (including phenoxy) is 1. The highest BCUT2D eigenvalue weighted by Gasteiger charge is 2.04. The van der Waals surface area contributed by atoms with Crippen LogP contribution in [0.4, 0.5) is 5.69 Å². The zero-order valence-electron chi connectivity index (χ0n) is 17.4. The van der Waals surface area contributed by atoms with Crippen LogP contribution in [0.15, 0.2) is 47.6 Å². The third-order valence-corrected chi connectivity index (χ3v) is 4.50. The monoisotopic (exact) mass is 381 g/mol. The molecule has 5 heteroatoms. The zero-order valence-corrected chi connectivity index (χ0v) is 17.4. The Labute approximate surface area is 168 Å². The first-order valence-electron chi connectivity index (χ1n) is 9.90. The van der Waals surface area contributed by atoms with E-state index in [1.807, 2.05) is 44.2 Å². The van der Waals surface area contributed by atoms with Gasteiger partial charge in [-0.15, -0.1) is 0 Å². The first-order chi connectivity index (χ1) is 13.5. The number of hydrogen-bond acceptors (Lipinski definition) is 4. The summed E-state index contributed by atoms with van der Waals surface area (Å²) in [6.45, 7) is 10.5. The summed E-state index contributed by atoms with van der Waals surface area (Å²) >= 11 is 0. The third-order valence-electron chi connectivity index (χ3n) is 4.50. The lowest BCUT2D eigenvalue weighted by atomic mass is 10.1. The zero-order chi connectivity index (χ0) is 20.4. The van der Waals surface area contributed by atoms with Gasteiger partial charge in [-0.25, -0.2) is 5.43 Å². The quantitative estimate of drug-likeness (QED) is 0.488. The number of anilines is 1. The van der Waals surface area contributed by atoms with Crippen molar-refractivity contribution in [2.24, 2.45) is 5.10 Å². The van der Waals surface area contributed by atoms with Crippen molar-refractivity contribution < 1.29 is 9.53 Å². The van der Waals surface area contributed by atoms with E-state index in [-0.39, 0.29) is 12.5 Å². The number of hydrazone groups is 1. The number of benzene rings is 2. The standard InChI is InChI=1S/C23H31N3O2/c1-5-13-26(14-6-2)21-10-8-20(9-11-21)16-24-25-23(27)17-28-22-12-7-18(3)19(4)15-22/h7-12,15-16H,5-6,13-14,17H2,1-4H3,(H,25,27)/b24-16-. The number of carbonyl (C=O) groups excluding carboxylic acids is 1. The van der Waals surface area contributed by atoms with Crippen molar-refractivity contribution in [3.8, 4) is 5.75 Å². The SMILES string of the molecule is CCCN(CCC)c1ccc(/C=N\NC(=O)COc2ccc(C)c(C)c2)cc1. The predicted molar refractivity (Wildman–Crippen MR) is 116 cm³/mol. The molecule has 0 saturated heterocycles. The number of hydrogen-bond donors (Lipinski definition) is 1. The van der Waals surface area contributed by atoms with Gasteiger partial charge in [0, 0.05) is 18.8 Å². The highest BCUT2D eigenvalue weighted by atomic mass is 16.5. The van der Waals surface area contributed by atoms with Gasteiger partial charge in [0.05, 0.1) is 6.21 Å². The smallest absolute Gasteiger partial charge is 0.277 e. The van der Waals surface area contributed by atoms with Crippen molar-refractivity contribution in [3.63, 3.8) is 0 Å². The van der Waals surface area contributed by atoms with Crippen molar-refractivity contribution in [2.45, 2.75) is 40.5 Å². The summed E-state index contributed by atoms with van der Waals surface area (Å²) in [4.78, 5) is 14.3. The molecule has 2 rings (SSSR count). The van der Waals surface area contributed by atoms with Gasteiger partial charge in [0.15, 0.2) is 6.61 Å². The fraction of sp³-hybridized carbons (Fsp3) is 0.391. The minimum atomic E-state index is -0.289. The van der Waals surface area contributed by atoms with Crippen LogP contribution in [-0.2, 0) is 4.79 Å². The van der Waals surface area contributed by atoms with Gasteiger partial charge in [0.1, 0.15) is 5.75 Å². The van der Waals surface area contributed by atoms with Crippen molar-refractivity contribution in [1.82, 2.24) is 5.43 Å². The van der Waals surface area contributed by atoms with E-state index in [0.29, 0.717) is 5.75 Å². The van der Waals surface area contributed by atoms with Gasteiger partial charge in [-0.2, -0.15) is 5.10 Å². The molecule has 2 aromatic rings. The van der Waals surface area contributed by atoms with Crippen molar-refractivity contribution in [2.75, 3.05) is 24.6 Å². The van der Waals surface area contributed by atoms with Gasteiger partial charge < -0.3 is 9.64 Å². The predicted octanol–water partition coefficient (Wildman–Crippen LogP) is 4.46. The van der Waals surface area contributed by atoms with Crippen LogP contribution in [-0.4, -0.2) is 31.8 Å². The highest BCUT2D eigenvalue weighted by Crippen LogP contribution is 2.17. The Bertz CT molecular complexity index is 779. The average Bonchev–Trinajstić information content (AvgIpc) is 2.69. The van der Waals surface area contributed by atoms with Gasteiger partial charge >= 0.3 is 0 Å². The minimum Gasteiger partial charge on any atom is -0.484 e. The van der Waals surface area contributed by atoms with Crippen LogP contribution in [0.3, 0.4) is 0 Å². The lowest BCUT2D eigenvalue weighted by Crippen LogP contribution is -2.25. The van der Waals surface area contributed by atoms with Crippen molar-refractivity contribution in [3.05, 3.63) is 59.2 Å². The Kier molecular flexibility index (Phi) is 8.53. The fourth-order valence-electron chi connectivity index (χ4n) is 2.84. The minimum absolute atomic E-state index is 0.0677. The molecule has 150 valence electrons. The molecule has 5 nitrogen and oxygen atoms in total. The summed E-state index contributed by atoms with van der Waals surface area (Å²) in [5.74, 6) is 0.393. The molecule has 0 bridgehead atoms. The molecule has 0 aliphatic heterocycles. The van der Waals surface area contributed by atoms with E-state index in [4.69, 9.17) is 4.74 Å². The maximum Gasteiger partial charge on any atom is 0.277 e. The summed E-state index contributed by atoms with van der Waals surface area (Å²) < 4.78 is 5.50. The first kappa shape index (κ1) is 21.5. The number of nitrogens with one attached hydrogen (secondary N) is 1. The van der Waals surface area contributed by atoms with E-state index in [9.17, 15) is 4.79 Å². The molecule has 0 atom stereocenters. The van der Waals surface area contributed by atoms with Crippen molar-refractivity contribution in [1.29, 1.82) is 0 Å². The Balaban J connectivity index is 1.82. The van der Waals surface area contributed by atoms with Gasteiger partial charge in [0.25, 0.3) is 5.91 Å². The van der Waals surface area contributed by atoms with E-state index in [1.54, 1.807) is 6.21 Å². The summed E-state index contributed by atoms with van der Waals surface area (Å²) in [7, 11) is 0. The van der Waals surface area contributed by atoms with E-state index in [2.05, 4.69) is 41.4 Å². The molecule has 0 aromatic heterocycles. The molecule has 2 aromatic carbocycles. The molecule has 0 aliphatic rings. The molecular formula is C23H31N3O2. The molecule has 1 N–H and O–H groups in total. The topological polar surface area (TPSA) is 53.9 Å². The normalized spacial score (nSPS) is 10.9. The van der Waals surface area contributed by atoms with Crippen LogP contribution < -0.4 is 15.1 Å². The lowest BCUT2D eigenvalue weighted by Gasteiger charge is -2.23. The first-order valence-corrected chi connectivity index (χ1v) is 9.90. The van der Waals surface area contributed by atoms with Crippen LogP contribution in [0, 0.1) is 13.8 Å². The number of rotatable bonds is 10. The fourth-order valence-corrected chi connectivity index (χ4v) is 2.84. The molecule has 0 heterocycles. The molecule has 0 spiro atoms. The second-order valence-electron chi connectivity index (χ2n) is 6.91. The third kappa shape index (κ3) is 6.72. The van der Waals surface area contributed by atoms with E-state index in [0.717, 1.165) is 37.1 Å². The van der Waals surface area contributed by atoms with Crippen LogP contribution in [0.5, 0.6) is 5.75 Å². The Morgan fingerprint density at radius 1 is 1.04 bits per heavy atom. The summed E-state index contributed by atoms with van der Waals surface area (Å²) in [6.07, 6.45) is 3.89. The lowest BCUT2D eigenvalue weighted by molar-refractivity contribution is -0.123. The van der Waals surface area contributed by atoms with Crippen LogP contribution in [0.1, 0.15) is 43.4 Å². The van der Waals surface area contributed by atoms with Gasteiger partial charge in [-0.1, -0.05) is 32.0 Å². The Hall–Kier alpha value is -2.82. The molecule has 1 amide bonds. The van der Waals surface area contributed by atoms with Gasteiger partial charge in [-0.3, -0.25) is 4.79 Å². The molecule has 0 saturated carbocycles. The number of amides is 1. The summed E-state index contributed by atoms with van der Waals surface area (Å²) in [6, 6.07) is 14.0. The molecule has 0 fully saturated rings. The molecule has 28 heavy (non-hydrogen) atoms. The van der Waals surface area contributed by atoms with Crippen molar-refractivity contribution >= 4 is 17.8 Å². The highest BCUT2D eigenvalue weighted by molar-refractivity contribution is 5.83. The molecule has 0 unspecified atom stereocenters. The van der Waals surface area contributed by atoms with Crippen LogP contribution in [0.2, 0.25) is 0 Å². The van der Waals surface area contributed by atoms with E-state index in [1.165, 1.54) is 11.3 Å². The van der Waals surface area contributed by atoms with Crippen LogP contribution in [0.25, 0.3) is 0 Å². The van der Waals surface area contributed by atoms with E-state index >= 15 is 0 Å². The summed E-state index contributed by atoms with van der Waals surface area (Å²) in [5, 5.41) is 4.01. The average molecular weight is 382 g/mol. The van der Waals surface area contributed by atoms with Gasteiger partial charge in [-0.05, 0) is 67.6 Å². The second kappa shape index (κ2) is 11.1. The molecular weight excluding hydrogens is 350 g/mol. The maximum atomic E-state index is 11.9.